The minimum atomic E-state index is -0.507. The lowest BCUT2D eigenvalue weighted by molar-refractivity contribution is 0.254. The highest BCUT2D eigenvalue weighted by molar-refractivity contribution is 5.93. The fraction of sp³-hybridized carbons (Fsp3) is 0.273. The van der Waals surface area contributed by atoms with Crippen molar-refractivity contribution >= 4 is 11.7 Å². The Balaban J connectivity index is 3.26. The van der Waals surface area contributed by atoms with E-state index in [1.165, 1.54) is 4.90 Å². The van der Waals surface area contributed by atoms with E-state index in [0.717, 1.165) is 5.56 Å². The number of urea groups is 1. The van der Waals surface area contributed by atoms with Gasteiger partial charge in [-0.2, -0.15) is 0 Å². The highest BCUT2D eigenvalue weighted by Crippen LogP contribution is 2.31. The molecule has 2 N–H and O–H groups in total. The smallest absolute Gasteiger partial charge is 0.319 e. The number of hydrogen-bond acceptors (Lipinski definition) is 2. The largest absolute Gasteiger partial charge is 0.495 e. The molecule has 0 aliphatic rings. The van der Waals surface area contributed by atoms with Crippen LogP contribution >= 0.6 is 0 Å². The summed E-state index contributed by atoms with van der Waals surface area (Å²) in [6.45, 7) is 6.18. The number of amides is 2. The van der Waals surface area contributed by atoms with Crippen molar-refractivity contribution in [2.75, 3.05) is 18.6 Å². The van der Waals surface area contributed by atoms with Gasteiger partial charge in [-0.05, 0) is 25.5 Å². The molecule has 1 aromatic rings. The molecule has 2 amide bonds. The lowest BCUT2D eigenvalue weighted by Gasteiger charge is -2.22. The van der Waals surface area contributed by atoms with Gasteiger partial charge in [-0.1, -0.05) is 12.1 Å². The fourth-order valence-electron chi connectivity index (χ4n) is 1.46. The lowest BCUT2D eigenvalue weighted by Crippen LogP contribution is -2.36. The number of nitrogens with zero attached hydrogens (tertiary/aromatic N) is 1. The fourth-order valence-corrected chi connectivity index (χ4v) is 1.46. The molecule has 81 valence electrons. The molecule has 15 heavy (non-hydrogen) atoms. The lowest BCUT2D eigenvalue weighted by atomic mass is 10.1. The van der Waals surface area contributed by atoms with Crippen molar-refractivity contribution in [1.29, 1.82) is 0 Å². The van der Waals surface area contributed by atoms with E-state index in [1.54, 1.807) is 13.2 Å². The van der Waals surface area contributed by atoms with E-state index >= 15 is 0 Å². The predicted octanol–water partition coefficient (Wildman–Crippen LogP) is 1.78. The SMILES string of the molecule is [CH2]c1cccc(OC)c1N(CC)C(N)=O. The van der Waals surface area contributed by atoms with Crippen LogP contribution in [0.5, 0.6) is 5.75 Å². The number of benzene rings is 1. The van der Waals surface area contributed by atoms with Crippen molar-refractivity contribution in [3.05, 3.63) is 30.7 Å². The summed E-state index contributed by atoms with van der Waals surface area (Å²) in [6, 6.07) is 4.89. The number of primary amides is 1. The van der Waals surface area contributed by atoms with Crippen molar-refractivity contribution in [3.8, 4) is 5.75 Å². The number of carbonyl (C=O) groups is 1. The molecule has 4 heteroatoms. The first-order chi connectivity index (χ1) is 7.11. The number of anilines is 1. The second kappa shape index (κ2) is 4.68. The molecule has 1 rings (SSSR count). The average molecular weight is 207 g/mol. The quantitative estimate of drug-likeness (QED) is 0.821. The topological polar surface area (TPSA) is 55.6 Å². The Morgan fingerprint density at radius 2 is 2.27 bits per heavy atom. The highest BCUT2D eigenvalue weighted by atomic mass is 16.5. The van der Waals surface area contributed by atoms with Crippen LogP contribution in [-0.4, -0.2) is 19.7 Å². The summed E-state index contributed by atoms with van der Waals surface area (Å²) < 4.78 is 5.17. The minimum absolute atomic E-state index is 0.484. The van der Waals surface area contributed by atoms with Crippen molar-refractivity contribution in [2.24, 2.45) is 5.73 Å². The molecule has 0 atom stereocenters. The maximum Gasteiger partial charge on any atom is 0.319 e. The Hall–Kier alpha value is -1.71. The van der Waals surface area contributed by atoms with Crippen LogP contribution < -0.4 is 15.4 Å². The molecule has 1 aromatic carbocycles. The zero-order chi connectivity index (χ0) is 11.4. The molecular weight excluding hydrogens is 192 g/mol. The van der Waals surface area contributed by atoms with E-state index in [1.807, 2.05) is 19.1 Å². The van der Waals surface area contributed by atoms with Gasteiger partial charge in [-0.25, -0.2) is 4.79 Å². The first-order valence-electron chi connectivity index (χ1n) is 4.67. The van der Waals surface area contributed by atoms with Gasteiger partial charge in [0.15, 0.2) is 0 Å². The first-order valence-corrected chi connectivity index (χ1v) is 4.67. The third-order valence-corrected chi connectivity index (χ3v) is 2.15. The molecule has 0 unspecified atom stereocenters. The molecule has 0 aliphatic heterocycles. The summed E-state index contributed by atoms with van der Waals surface area (Å²) in [5.41, 5.74) is 6.63. The summed E-state index contributed by atoms with van der Waals surface area (Å²) in [5.74, 6) is 0.600. The van der Waals surface area contributed by atoms with E-state index in [-0.39, 0.29) is 0 Å². The number of rotatable bonds is 3. The van der Waals surface area contributed by atoms with Crippen LogP contribution in [0.25, 0.3) is 0 Å². The van der Waals surface area contributed by atoms with E-state index < -0.39 is 6.03 Å². The van der Waals surface area contributed by atoms with Crippen LogP contribution in [0.3, 0.4) is 0 Å². The molecule has 0 heterocycles. The summed E-state index contributed by atoms with van der Waals surface area (Å²) in [5, 5.41) is 0. The highest BCUT2D eigenvalue weighted by Gasteiger charge is 2.16. The maximum atomic E-state index is 11.2. The van der Waals surface area contributed by atoms with Crippen molar-refractivity contribution in [2.45, 2.75) is 6.92 Å². The Kier molecular flexibility index (Phi) is 3.55. The second-order valence-corrected chi connectivity index (χ2v) is 3.05. The van der Waals surface area contributed by atoms with Gasteiger partial charge < -0.3 is 10.5 Å². The molecule has 0 saturated carbocycles. The number of para-hydroxylation sites is 1. The van der Waals surface area contributed by atoms with E-state index in [4.69, 9.17) is 10.5 Å². The summed E-state index contributed by atoms with van der Waals surface area (Å²) in [4.78, 5) is 12.6. The van der Waals surface area contributed by atoms with Crippen molar-refractivity contribution in [1.82, 2.24) is 0 Å². The van der Waals surface area contributed by atoms with Gasteiger partial charge in [0.2, 0.25) is 0 Å². The Morgan fingerprint density at radius 3 is 2.73 bits per heavy atom. The van der Waals surface area contributed by atoms with Crippen LogP contribution in [0.15, 0.2) is 18.2 Å². The van der Waals surface area contributed by atoms with Crippen LogP contribution in [0.4, 0.5) is 10.5 Å². The van der Waals surface area contributed by atoms with Crippen molar-refractivity contribution < 1.29 is 9.53 Å². The van der Waals surface area contributed by atoms with Crippen LogP contribution in [0, 0.1) is 6.92 Å². The van der Waals surface area contributed by atoms with Gasteiger partial charge >= 0.3 is 6.03 Å². The Labute approximate surface area is 89.6 Å². The Bertz CT molecular complexity index is 364. The maximum absolute atomic E-state index is 11.2. The molecule has 1 radical (unpaired) electrons. The van der Waals surface area contributed by atoms with Crippen LogP contribution in [0.2, 0.25) is 0 Å². The van der Waals surface area contributed by atoms with Crippen molar-refractivity contribution in [3.63, 3.8) is 0 Å². The summed E-state index contributed by atoms with van der Waals surface area (Å²) in [7, 11) is 1.55. The average Bonchev–Trinajstić information content (AvgIpc) is 2.21. The van der Waals surface area contributed by atoms with Gasteiger partial charge in [0.05, 0.1) is 12.8 Å². The number of ether oxygens (including phenoxy) is 1. The number of carbonyl (C=O) groups excluding carboxylic acids is 1. The minimum Gasteiger partial charge on any atom is -0.495 e. The molecule has 0 aliphatic carbocycles. The molecule has 4 nitrogen and oxygen atoms in total. The third-order valence-electron chi connectivity index (χ3n) is 2.15. The summed E-state index contributed by atoms with van der Waals surface area (Å²) >= 11 is 0. The zero-order valence-corrected chi connectivity index (χ0v) is 8.99. The Morgan fingerprint density at radius 1 is 1.60 bits per heavy atom. The summed E-state index contributed by atoms with van der Waals surface area (Å²) in [6.07, 6.45) is 0. The van der Waals surface area contributed by atoms with Gasteiger partial charge in [0.25, 0.3) is 0 Å². The second-order valence-electron chi connectivity index (χ2n) is 3.05. The standard InChI is InChI=1S/C11H15N2O2/c1-4-13(11(12)14)10-8(2)6-5-7-9(10)15-3/h5-7H,2,4H2,1,3H3,(H2,12,14). The monoisotopic (exact) mass is 207 g/mol. The van der Waals surface area contributed by atoms with E-state index in [0.29, 0.717) is 18.0 Å². The first kappa shape index (κ1) is 11.4. The molecule has 0 spiro atoms. The normalized spacial score (nSPS) is 9.80. The van der Waals surface area contributed by atoms with Gasteiger partial charge in [0, 0.05) is 6.54 Å². The molecule has 0 bridgehead atoms. The molecular formula is C11H15N2O2. The van der Waals surface area contributed by atoms with Gasteiger partial charge in [-0.15, -0.1) is 0 Å². The third kappa shape index (κ3) is 2.21. The van der Waals surface area contributed by atoms with Crippen LogP contribution in [0.1, 0.15) is 12.5 Å². The van der Waals surface area contributed by atoms with Crippen LogP contribution in [-0.2, 0) is 0 Å². The zero-order valence-electron chi connectivity index (χ0n) is 8.99. The van der Waals surface area contributed by atoms with E-state index in [2.05, 4.69) is 6.92 Å². The molecule has 0 fully saturated rings. The molecule has 0 saturated heterocycles. The van der Waals surface area contributed by atoms with Gasteiger partial charge in [0.1, 0.15) is 5.75 Å². The predicted molar refractivity (Wildman–Crippen MR) is 60.1 cm³/mol. The number of nitrogens with two attached hydrogens (primary N) is 1. The number of hydrogen-bond donors (Lipinski definition) is 1. The van der Waals surface area contributed by atoms with E-state index in [9.17, 15) is 4.79 Å². The molecule has 0 aromatic heterocycles. The number of methoxy groups -OCH3 is 1. The van der Waals surface area contributed by atoms with Gasteiger partial charge in [-0.3, -0.25) is 4.90 Å².